The minimum atomic E-state index is -0.482. The second-order valence-electron chi connectivity index (χ2n) is 4.22. The molecular formula is C12H10FN3O3S. The highest BCUT2D eigenvalue weighted by molar-refractivity contribution is 7.18. The Hall–Kier alpha value is -2.22. The molecule has 0 saturated heterocycles. The van der Waals surface area contributed by atoms with E-state index in [0.717, 1.165) is 11.3 Å². The summed E-state index contributed by atoms with van der Waals surface area (Å²) in [7, 11) is 0. The predicted molar refractivity (Wildman–Crippen MR) is 71.7 cm³/mol. The third-order valence-corrected chi connectivity index (χ3v) is 3.99. The molecule has 2 heterocycles. The van der Waals surface area contributed by atoms with E-state index in [-0.39, 0.29) is 17.4 Å². The van der Waals surface area contributed by atoms with Crippen LogP contribution in [0.25, 0.3) is 0 Å². The molecule has 2 aromatic rings. The Bertz CT molecular complexity index is 661. The number of fused-ring (bicyclic) bond motifs is 1. The zero-order chi connectivity index (χ0) is 14.1. The van der Waals surface area contributed by atoms with E-state index >= 15 is 0 Å². The highest BCUT2D eigenvalue weighted by atomic mass is 32.1. The smallest absolute Gasteiger partial charge is 0.345 e. The number of rotatable bonds is 2. The van der Waals surface area contributed by atoms with Crippen LogP contribution in [0.15, 0.2) is 24.4 Å². The molecule has 20 heavy (non-hydrogen) atoms. The van der Waals surface area contributed by atoms with Gasteiger partial charge in [-0.2, -0.15) is 0 Å². The SMILES string of the molecule is O=[N+]([O-])c1cnc(N2CCOc3cccc(F)c3C2)s1. The number of aromatic nitrogens is 1. The van der Waals surface area contributed by atoms with Crippen LogP contribution >= 0.6 is 11.3 Å². The monoisotopic (exact) mass is 295 g/mol. The van der Waals surface area contributed by atoms with E-state index in [1.807, 2.05) is 0 Å². The Morgan fingerprint density at radius 2 is 2.35 bits per heavy atom. The molecule has 0 spiro atoms. The summed E-state index contributed by atoms with van der Waals surface area (Å²) in [5.41, 5.74) is 0.447. The fourth-order valence-electron chi connectivity index (χ4n) is 2.01. The molecule has 0 bridgehead atoms. The molecule has 0 N–H and O–H groups in total. The van der Waals surface area contributed by atoms with Crippen molar-refractivity contribution in [3.8, 4) is 5.75 Å². The van der Waals surface area contributed by atoms with Crippen molar-refractivity contribution in [2.75, 3.05) is 18.1 Å². The van der Waals surface area contributed by atoms with Gasteiger partial charge in [0.25, 0.3) is 0 Å². The lowest BCUT2D eigenvalue weighted by Crippen LogP contribution is -2.25. The summed E-state index contributed by atoms with van der Waals surface area (Å²) in [6, 6.07) is 4.68. The van der Waals surface area contributed by atoms with E-state index < -0.39 is 4.92 Å². The lowest BCUT2D eigenvalue weighted by Gasteiger charge is -2.18. The predicted octanol–water partition coefficient (Wildman–Crippen LogP) is 2.59. The molecule has 0 unspecified atom stereocenters. The van der Waals surface area contributed by atoms with Gasteiger partial charge in [0, 0.05) is 5.56 Å². The minimum Gasteiger partial charge on any atom is -0.491 e. The Morgan fingerprint density at radius 1 is 1.50 bits per heavy atom. The first-order valence-corrected chi connectivity index (χ1v) is 6.72. The van der Waals surface area contributed by atoms with Gasteiger partial charge in [-0.25, -0.2) is 9.37 Å². The van der Waals surface area contributed by atoms with E-state index in [2.05, 4.69) is 4.98 Å². The fourth-order valence-corrected chi connectivity index (χ4v) is 2.77. The maximum atomic E-state index is 13.8. The van der Waals surface area contributed by atoms with Crippen molar-refractivity contribution >= 4 is 21.5 Å². The Labute approximate surface area is 117 Å². The quantitative estimate of drug-likeness (QED) is 0.629. The van der Waals surface area contributed by atoms with Gasteiger partial charge in [0.1, 0.15) is 24.4 Å². The number of thiazole rings is 1. The molecule has 0 atom stereocenters. The number of nitro groups is 1. The van der Waals surface area contributed by atoms with E-state index in [0.29, 0.717) is 29.6 Å². The Morgan fingerprint density at radius 3 is 3.10 bits per heavy atom. The second kappa shape index (κ2) is 5.04. The van der Waals surface area contributed by atoms with Crippen LogP contribution in [0.5, 0.6) is 5.75 Å². The minimum absolute atomic E-state index is 0.0288. The first-order valence-electron chi connectivity index (χ1n) is 5.90. The van der Waals surface area contributed by atoms with E-state index in [1.165, 1.54) is 12.3 Å². The lowest BCUT2D eigenvalue weighted by molar-refractivity contribution is -0.380. The van der Waals surface area contributed by atoms with Gasteiger partial charge >= 0.3 is 5.00 Å². The van der Waals surface area contributed by atoms with Crippen molar-refractivity contribution in [1.82, 2.24) is 4.98 Å². The van der Waals surface area contributed by atoms with Gasteiger partial charge in [-0.3, -0.25) is 10.1 Å². The lowest BCUT2D eigenvalue weighted by atomic mass is 10.2. The average molecular weight is 295 g/mol. The first-order chi connectivity index (χ1) is 9.65. The maximum absolute atomic E-state index is 13.8. The zero-order valence-corrected chi connectivity index (χ0v) is 11.1. The van der Waals surface area contributed by atoms with Gasteiger partial charge in [0.05, 0.1) is 18.0 Å². The zero-order valence-electron chi connectivity index (χ0n) is 10.3. The van der Waals surface area contributed by atoms with Crippen LogP contribution in [-0.4, -0.2) is 23.1 Å². The molecule has 8 heteroatoms. The molecule has 1 aromatic heterocycles. The van der Waals surface area contributed by atoms with Crippen molar-refractivity contribution in [3.05, 3.63) is 45.9 Å². The van der Waals surface area contributed by atoms with Gasteiger partial charge in [-0.15, -0.1) is 0 Å². The van der Waals surface area contributed by atoms with Gasteiger partial charge < -0.3 is 9.64 Å². The van der Waals surface area contributed by atoms with E-state index in [4.69, 9.17) is 4.74 Å². The van der Waals surface area contributed by atoms with Crippen LogP contribution in [0, 0.1) is 15.9 Å². The number of benzene rings is 1. The molecule has 1 aromatic carbocycles. The van der Waals surface area contributed by atoms with Crippen LogP contribution in [0.3, 0.4) is 0 Å². The number of ether oxygens (including phenoxy) is 1. The molecule has 104 valence electrons. The summed E-state index contributed by atoms with van der Waals surface area (Å²) in [6.45, 7) is 1.16. The van der Waals surface area contributed by atoms with Crippen molar-refractivity contribution in [1.29, 1.82) is 0 Å². The molecule has 3 rings (SSSR count). The van der Waals surface area contributed by atoms with Crippen molar-refractivity contribution in [2.24, 2.45) is 0 Å². The summed E-state index contributed by atoms with van der Waals surface area (Å²) >= 11 is 0.975. The van der Waals surface area contributed by atoms with E-state index in [1.54, 1.807) is 17.0 Å². The molecular weight excluding hydrogens is 285 g/mol. The van der Waals surface area contributed by atoms with Gasteiger partial charge in [-0.1, -0.05) is 6.07 Å². The summed E-state index contributed by atoms with van der Waals surface area (Å²) in [5, 5.41) is 11.2. The van der Waals surface area contributed by atoms with Crippen LogP contribution in [0.2, 0.25) is 0 Å². The Balaban J connectivity index is 1.91. The number of halogens is 1. The molecule has 0 amide bonds. The molecule has 1 aliphatic heterocycles. The highest BCUT2D eigenvalue weighted by Gasteiger charge is 2.22. The Kier molecular flexibility index (Phi) is 3.23. The molecule has 0 fully saturated rings. The summed E-state index contributed by atoms with van der Waals surface area (Å²) in [6.07, 6.45) is 1.22. The first kappa shape index (κ1) is 12.8. The average Bonchev–Trinajstić information content (AvgIpc) is 2.80. The molecule has 1 aliphatic rings. The van der Waals surface area contributed by atoms with Crippen LogP contribution < -0.4 is 9.64 Å². The standard InChI is InChI=1S/C12H10FN3O3S/c13-9-2-1-3-10-8(9)7-15(4-5-19-10)12-14-6-11(20-12)16(17)18/h1-3,6H,4-5,7H2. The third-order valence-electron chi connectivity index (χ3n) is 2.98. The summed E-state index contributed by atoms with van der Waals surface area (Å²) < 4.78 is 19.3. The number of hydrogen-bond donors (Lipinski definition) is 0. The van der Waals surface area contributed by atoms with Crippen LogP contribution in [-0.2, 0) is 6.54 Å². The van der Waals surface area contributed by atoms with Crippen LogP contribution in [0.1, 0.15) is 5.56 Å². The van der Waals surface area contributed by atoms with Crippen LogP contribution in [0.4, 0.5) is 14.5 Å². The topological polar surface area (TPSA) is 68.5 Å². The molecule has 0 aliphatic carbocycles. The van der Waals surface area contributed by atoms with Crippen molar-refractivity contribution in [2.45, 2.75) is 6.54 Å². The second-order valence-corrected chi connectivity index (χ2v) is 5.21. The fraction of sp³-hybridized carbons (Fsp3) is 0.250. The normalized spacial score (nSPS) is 14.3. The van der Waals surface area contributed by atoms with Crippen molar-refractivity contribution < 1.29 is 14.1 Å². The van der Waals surface area contributed by atoms with Gasteiger partial charge in [0.2, 0.25) is 0 Å². The summed E-state index contributed by atoms with van der Waals surface area (Å²) in [4.78, 5) is 16.0. The maximum Gasteiger partial charge on any atom is 0.345 e. The van der Waals surface area contributed by atoms with Gasteiger partial charge in [0.15, 0.2) is 5.13 Å². The molecule has 0 radical (unpaired) electrons. The molecule has 6 nitrogen and oxygen atoms in total. The highest BCUT2D eigenvalue weighted by Crippen LogP contribution is 2.32. The van der Waals surface area contributed by atoms with Crippen molar-refractivity contribution in [3.63, 3.8) is 0 Å². The third kappa shape index (κ3) is 2.29. The number of hydrogen-bond acceptors (Lipinski definition) is 6. The van der Waals surface area contributed by atoms with E-state index in [9.17, 15) is 14.5 Å². The summed E-state index contributed by atoms with van der Waals surface area (Å²) in [5.74, 6) is 0.166. The number of anilines is 1. The van der Waals surface area contributed by atoms with Gasteiger partial charge in [-0.05, 0) is 23.5 Å². The number of nitrogens with zero attached hydrogens (tertiary/aromatic N) is 3. The molecule has 0 saturated carbocycles. The largest absolute Gasteiger partial charge is 0.491 e.